The Morgan fingerprint density at radius 2 is 1.82 bits per heavy atom. The normalized spacial score (nSPS) is 17.8. The molecule has 1 aromatic carbocycles. The van der Waals surface area contributed by atoms with E-state index in [0.717, 1.165) is 29.5 Å². The van der Waals surface area contributed by atoms with E-state index in [1.165, 1.54) is 22.3 Å². The topological polar surface area (TPSA) is 89.7 Å². The number of nitrogens with zero attached hydrogens (tertiary/aromatic N) is 5. The lowest BCUT2D eigenvalue weighted by Crippen LogP contribution is -2.28. The molecule has 1 saturated carbocycles. The monoisotopic (exact) mass is 473 g/mol. The quantitative estimate of drug-likeness (QED) is 0.340. The molecule has 6 rings (SSSR count). The van der Waals surface area contributed by atoms with E-state index in [1.54, 1.807) is 12.5 Å². The lowest BCUT2D eigenvalue weighted by Gasteiger charge is -2.19. The zero-order chi connectivity index (χ0) is 22.9. The van der Waals surface area contributed by atoms with Crippen LogP contribution in [0.2, 0.25) is 0 Å². The number of aromatic nitrogens is 3. The summed E-state index contributed by atoms with van der Waals surface area (Å²) in [7, 11) is 0. The second-order valence-electron chi connectivity index (χ2n) is 8.47. The van der Waals surface area contributed by atoms with Crippen molar-refractivity contribution >= 4 is 23.4 Å². The van der Waals surface area contributed by atoms with Gasteiger partial charge < -0.3 is 13.4 Å². The second kappa shape index (κ2) is 8.98. The highest BCUT2D eigenvalue weighted by Crippen LogP contribution is 2.40. The van der Waals surface area contributed by atoms with Gasteiger partial charge >= 0.3 is 0 Å². The van der Waals surface area contributed by atoms with Crippen LogP contribution in [-0.2, 0) is 11.3 Å². The van der Waals surface area contributed by atoms with Crippen molar-refractivity contribution in [3.05, 3.63) is 90.0 Å². The summed E-state index contributed by atoms with van der Waals surface area (Å²) < 4.78 is 13.3. The van der Waals surface area contributed by atoms with Crippen molar-refractivity contribution < 1.29 is 13.6 Å². The first-order chi connectivity index (χ1) is 16.8. The minimum Gasteiger partial charge on any atom is -0.467 e. The number of hydrogen-bond donors (Lipinski definition) is 0. The average molecular weight is 474 g/mol. The van der Waals surface area contributed by atoms with Gasteiger partial charge in [-0.2, -0.15) is 5.10 Å². The van der Waals surface area contributed by atoms with Crippen molar-refractivity contribution in [3.63, 3.8) is 0 Å². The zero-order valence-electron chi connectivity index (χ0n) is 18.4. The SMILES string of the molecule is O=C(CSc1nnc(C2CC2)n1Cc1ccccc1)N1N=C(c2ccco2)CC1c1ccco1. The van der Waals surface area contributed by atoms with E-state index in [0.29, 0.717) is 30.4 Å². The first-order valence-corrected chi connectivity index (χ1v) is 12.3. The minimum atomic E-state index is -0.299. The van der Waals surface area contributed by atoms with Gasteiger partial charge in [0, 0.05) is 12.3 Å². The number of benzene rings is 1. The van der Waals surface area contributed by atoms with Crippen LogP contribution in [0, 0.1) is 0 Å². The number of carbonyl (C=O) groups is 1. The molecular weight excluding hydrogens is 450 g/mol. The highest BCUT2D eigenvalue weighted by atomic mass is 32.2. The Morgan fingerprint density at radius 1 is 1.00 bits per heavy atom. The summed E-state index contributed by atoms with van der Waals surface area (Å²) in [6.07, 6.45) is 6.03. The molecule has 4 heterocycles. The summed E-state index contributed by atoms with van der Waals surface area (Å²) in [6.45, 7) is 0.690. The Kier molecular flexibility index (Phi) is 5.54. The van der Waals surface area contributed by atoms with Crippen LogP contribution in [0.3, 0.4) is 0 Å². The van der Waals surface area contributed by atoms with Gasteiger partial charge in [0.2, 0.25) is 0 Å². The number of hydrazone groups is 1. The molecule has 1 unspecified atom stereocenters. The summed E-state index contributed by atoms with van der Waals surface area (Å²) in [5.41, 5.74) is 1.91. The molecule has 4 aromatic rings. The fourth-order valence-electron chi connectivity index (χ4n) is 4.19. The highest BCUT2D eigenvalue weighted by molar-refractivity contribution is 7.99. The predicted octanol–water partition coefficient (Wildman–Crippen LogP) is 4.86. The van der Waals surface area contributed by atoms with Gasteiger partial charge in [-0.15, -0.1) is 10.2 Å². The molecular formula is C25H23N5O3S. The molecule has 0 saturated heterocycles. The summed E-state index contributed by atoms with van der Waals surface area (Å²) in [4.78, 5) is 13.3. The molecule has 3 aromatic heterocycles. The molecule has 1 aliphatic carbocycles. The van der Waals surface area contributed by atoms with Gasteiger partial charge in [0.25, 0.3) is 5.91 Å². The summed E-state index contributed by atoms with van der Waals surface area (Å²) in [5, 5.41) is 15.8. The second-order valence-corrected chi connectivity index (χ2v) is 9.42. The van der Waals surface area contributed by atoms with Crippen molar-refractivity contribution in [1.82, 2.24) is 19.8 Å². The van der Waals surface area contributed by atoms with E-state index in [1.807, 2.05) is 42.5 Å². The molecule has 172 valence electrons. The smallest absolute Gasteiger partial charge is 0.253 e. The molecule has 1 atom stereocenters. The van der Waals surface area contributed by atoms with Crippen LogP contribution >= 0.6 is 11.8 Å². The zero-order valence-corrected chi connectivity index (χ0v) is 19.2. The van der Waals surface area contributed by atoms with Gasteiger partial charge in [0.05, 0.1) is 24.8 Å². The summed E-state index contributed by atoms with van der Waals surface area (Å²) >= 11 is 1.40. The number of thioether (sulfide) groups is 1. The van der Waals surface area contributed by atoms with Crippen molar-refractivity contribution in [3.8, 4) is 0 Å². The fraction of sp³-hybridized carbons (Fsp3) is 0.280. The number of hydrogen-bond acceptors (Lipinski definition) is 7. The summed E-state index contributed by atoms with van der Waals surface area (Å²) in [5.74, 6) is 2.91. The maximum atomic E-state index is 13.3. The lowest BCUT2D eigenvalue weighted by molar-refractivity contribution is -0.130. The molecule has 1 aliphatic heterocycles. The van der Waals surface area contributed by atoms with Crippen molar-refractivity contribution in [2.24, 2.45) is 5.10 Å². The molecule has 9 heteroatoms. The van der Waals surface area contributed by atoms with Crippen molar-refractivity contribution in [1.29, 1.82) is 0 Å². The van der Waals surface area contributed by atoms with Crippen molar-refractivity contribution in [2.45, 2.75) is 42.9 Å². The largest absolute Gasteiger partial charge is 0.467 e. The molecule has 2 aliphatic rings. The molecule has 0 N–H and O–H groups in total. The molecule has 0 radical (unpaired) electrons. The van der Waals surface area contributed by atoms with E-state index < -0.39 is 0 Å². The van der Waals surface area contributed by atoms with Gasteiger partial charge in [-0.1, -0.05) is 42.1 Å². The first-order valence-electron chi connectivity index (χ1n) is 11.3. The minimum absolute atomic E-state index is 0.116. The molecule has 0 spiro atoms. The summed E-state index contributed by atoms with van der Waals surface area (Å²) in [6, 6.07) is 17.3. The average Bonchev–Trinajstić information content (AvgIpc) is 3.35. The number of amides is 1. The predicted molar refractivity (Wildman–Crippen MR) is 126 cm³/mol. The lowest BCUT2D eigenvalue weighted by atomic mass is 10.1. The maximum absolute atomic E-state index is 13.3. The third-order valence-electron chi connectivity index (χ3n) is 6.04. The van der Waals surface area contributed by atoms with Crippen LogP contribution in [0.15, 0.2) is 86.2 Å². The number of carbonyl (C=O) groups excluding carboxylic acids is 1. The van der Waals surface area contributed by atoms with E-state index in [9.17, 15) is 4.79 Å². The Morgan fingerprint density at radius 3 is 2.56 bits per heavy atom. The third kappa shape index (κ3) is 4.19. The van der Waals surface area contributed by atoms with Crippen LogP contribution in [-0.4, -0.2) is 37.1 Å². The van der Waals surface area contributed by atoms with Gasteiger partial charge in [0.1, 0.15) is 29.1 Å². The van der Waals surface area contributed by atoms with Crippen molar-refractivity contribution in [2.75, 3.05) is 5.75 Å². The number of rotatable bonds is 8. The first kappa shape index (κ1) is 21.0. The van der Waals surface area contributed by atoms with E-state index in [4.69, 9.17) is 8.83 Å². The highest BCUT2D eigenvalue weighted by Gasteiger charge is 2.36. The van der Waals surface area contributed by atoms with Crippen LogP contribution in [0.5, 0.6) is 0 Å². The van der Waals surface area contributed by atoms with Crippen LogP contribution < -0.4 is 0 Å². The van der Waals surface area contributed by atoms with Crippen LogP contribution in [0.1, 0.15) is 54.1 Å². The Balaban J connectivity index is 1.22. The Bertz CT molecular complexity index is 1290. The van der Waals surface area contributed by atoms with E-state index in [2.05, 4.69) is 32.0 Å². The molecule has 1 amide bonds. The fourth-order valence-corrected chi connectivity index (χ4v) is 4.99. The van der Waals surface area contributed by atoms with E-state index in [-0.39, 0.29) is 17.7 Å². The van der Waals surface area contributed by atoms with Crippen LogP contribution in [0.4, 0.5) is 0 Å². The maximum Gasteiger partial charge on any atom is 0.253 e. The Labute approximate surface area is 200 Å². The van der Waals surface area contributed by atoms with Gasteiger partial charge in [-0.05, 0) is 42.7 Å². The number of furan rings is 2. The third-order valence-corrected chi connectivity index (χ3v) is 6.99. The molecule has 8 nitrogen and oxygen atoms in total. The van der Waals surface area contributed by atoms with Crippen LogP contribution in [0.25, 0.3) is 0 Å². The molecule has 0 bridgehead atoms. The Hall–Kier alpha value is -3.59. The molecule has 34 heavy (non-hydrogen) atoms. The molecule has 1 fully saturated rings. The van der Waals surface area contributed by atoms with Gasteiger partial charge in [-0.25, -0.2) is 5.01 Å². The standard InChI is InChI=1S/C25H23N5O3S/c31-23(30-20(22-9-5-13-33-22)14-19(28-30)21-8-4-12-32-21)16-34-25-27-26-24(18-10-11-18)29(25)15-17-6-2-1-3-7-17/h1-9,12-13,18,20H,10-11,14-16H2. The van der Waals surface area contributed by atoms with Gasteiger partial charge in [0.15, 0.2) is 5.16 Å². The van der Waals surface area contributed by atoms with Gasteiger partial charge in [-0.3, -0.25) is 4.79 Å². The van der Waals surface area contributed by atoms with E-state index >= 15 is 0 Å².